The second-order valence-electron chi connectivity index (χ2n) is 7.92. The zero-order valence-electron chi connectivity index (χ0n) is 16.4. The van der Waals surface area contributed by atoms with Crippen molar-refractivity contribution in [2.24, 2.45) is 5.92 Å². The highest BCUT2D eigenvalue weighted by atomic mass is 19.1. The van der Waals surface area contributed by atoms with E-state index in [2.05, 4.69) is 15.3 Å². The lowest BCUT2D eigenvalue weighted by atomic mass is 10.0. The standard InChI is InChI=1S/C21H25FN4O2/c1-12(2)18-11-28-21(27)26(18)19-8-9-23-20(25-19)24-13(3)16-7-6-15(10-17(16)22)14-4-5-14/h6-10,12-14,18H,4-5,11H2,1-3H3,(H,23,24,25)/t13-,18?/m0/s1. The minimum absolute atomic E-state index is 0.0694. The smallest absolute Gasteiger partial charge is 0.415 e. The van der Waals surface area contributed by atoms with Crippen molar-refractivity contribution in [2.75, 3.05) is 16.8 Å². The summed E-state index contributed by atoms with van der Waals surface area (Å²) in [5, 5.41) is 3.15. The fourth-order valence-corrected chi connectivity index (χ4v) is 3.58. The van der Waals surface area contributed by atoms with Gasteiger partial charge in [0.15, 0.2) is 0 Å². The highest BCUT2D eigenvalue weighted by Gasteiger charge is 2.37. The largest absolute Gasteiger partial charge is 0.447 e. The molecule has 2 atom stereocenters. The number of carbonyl (C=O) groups excluding carboxylic acids is 1. The fraction of sp³-hybridized carbons (Fsp3) is 0.476. The van der Waals surface area contributed by atoms with Gasteiger partial charge in [-0.1, -0.05) is 26.0 Å². The molecule has 1 aliphatic heterocycles. The van der Waals surface area contributed by atoms with Gasteiger partial charge < -0.3 is 10.1 Å². The molecule has 2 heterocycles. The van der Waals surface area contributed by atoms with Crippen LogP contribution in [0.4, 0.5) is 21.0 Å². The molecule has 0 bridgehead atoms. The SMILES string of the molecule is CC(C)C1COC(=O)N1c1ccnc(N[C@@H](C)c2ccc(C3CC3)cc2F)n1. The molecular weight excluding hydrogens is 359 g/mol. The average Bonchev–Trinajstić information content (AvgIpc) is 3.43. The lowest BCUT2D eigenvalue weighted by Crippen LogP contribution is -2.37. The van der Waals surface area contributed by atoms with Gasteiger partial charge in [-0.2, -0.15) is 4.98 Å². The van der Waals surface area contributed by atoms with Crippen molar-refractivity contribution in [3.05, 3.63) is 47.4 Å². The van der Waals surface area contributed by atoms with Gasteiger partial charge in [0.2, 0.25) is 5.95 Å². The molecule has 1 aromatic heterocycles. The molecule has 1 amide bonds. The third kappa shape index (κ3) is 3.66. The molecule has 7 heteroatoms. The van der Waals surface area contributed by atoms with Crippen molar-refractivity contribution < 1.29 is 13.9 Å². The van der Waals surface area contributed by atoms with Crippen LogP contribution in [0.1, 0.15) is 56.7 Å². The Morgan fingerprint density at radius 3 is 2.71 bits per heavy atom. The van der Waals surface area contributed by atoms with E-state index < -0.39 is 6.09 Å². The van der Waals surface area contributed by atoms with Gasteiger partial charge in [-0.05, 0) is 49.3 Å². The number of nitrogens with zero attached hydrogens (tertiary/aromatic N) is 3. The Balaban J connectivity index is 1.52. The van der Waals surface area contributed by atoms with Gasteiger partial charge in [0.25, 0.3) is 0 Å². The molecule has 28 heavy (non-hydrogen) atoms. The van der Waals surface area contributed by atoms with Gasteiger partial charge in [0.05, 0.1) is 12.1 Å². The Kier molecular flexibility index (Phi) is 4.91. The van der Waals surface area contributed by atoms with Crippen molar-refractivity contribution in [1.29, 1.82) is 0 Å². The summed E-state index contributed by atoms with van der Waals surface area (Å²) in [5.41, 5.74) is 1.64. The number of carbonyl (C=O) groups is 1. The predicted molar refractivity (Wildman–Crippen MR) is 105 cm³/mol. The van der Waals surface area contributed by atoms with Crippen molar-refractivity contribution in [2.45, 2.75) is 51.6 Å². The van der Waals surface area contributed by atoms with E-state index in [1.54, 1.807) is 23.2 Å². The van der Waals surface area contributed by atoms with Crippen LogP contribution >= 0.6 is 0 Å². The molecule has 2 aliphatic rings. The third-order valence-corrected chi connectivity index (χ3v) is 5.45. The molecule has 2 fully saturated rings. The molecule has 4 rings (SSSR count). The number of cyclic esters (lactones) is 1. The summed E-state index contributed by atoms with van der Waals surface area (Å²) in [5.74, 6) is 1.36. The number of ether oxygens (including phenoxy) is 1. The highest BCUT2D eigenvalue weighted by molar-refractivity contribution is 5.89. The summed E-state index contributed by atoms with van der Waals surface area (Å²) < 4.78 is 19.7. The monoisotopic (exact) mass is 384 g/mol. The van der Waals surface area contributed by atoms with Crippen LogP contribution in [0.3, 0.4) is 0 Å². The molecule has 0 spiro atoms. The minimum Gasteiger partial charge on any atom is -0.447 e. The van der Waals surface area contributed by atoms with Crippen LogP contribution in [-0.4, -0.2) is 28.7 Å². The number of benzene rings is 1. The first-order chi connectivity index (χ1) is 13.4. The van der Waals surface area contributed by atoms with Gasteiger partial charge in [0.1, 0.15) is 18.2 Å². The van der Waals surface area contributed by atoms with Gasteiger partial charge in [-0.3, -0.25) is 4.90 Å². The molecule has 148 valence electrons. The first-order valence-electron chi connectivity index (χ1n) is 9.79. The van der Waals surface area contributed by atoms with Crippen LogP contribution in [0.2, 0.25) is 0 Å². The summed E-state index contributed by atoms with van der Waals surface area (Å²) in [7, 11) is 0. The van der Waals surface area contributed by atoms with E-state index in [0.29, 0.717) is 29.9 Å². The van der Waals surface area contributed by atoms with E-state index in [0.717, 1.165) is 18.4 Å². The Morgan fingerprint density at radius 1 is 1.25 bits per heavy atom. The van der Waals surface area contributed by atoms with Gasteiger partial charge in [0, 0.05) is 11.8 Å². The number of nitrogens with one attached hydrogen (secondary N) is 1. The quantitative estimate of drug-likeness (QED) is 0.785. The molecule has 1 unspecified atom stereocenters. The van der Waals surface area contributed by atoms with Crippen molar-refractivity contribution in [1.82, 2.24) is 9.97 Å². The zero-order chi connectivity index (χ0) is 19.8. The van der Waals surface area contributed by atoms with E-state index in [9.17, 15) is 9.18 Å². The summed E-state index contributed by atoms with van der Waals surface area (Å²) >= 11 is 0. The van der Waals surface area contributed by atoms with E-state index in [4.69, 9.17) is 4.74 Å². The van der Waals surface area contributed by atoms with E-state index in [-0.39, 0.29) is 23.8 Å². The third-order valence-electron chi connectivity index (χ3n) is 5.45. The fourth-order valence-electron chi connectivity index (χ4n) is 3.58. The molecule has 1 saturated carbocycles. The summed E-state index contributed by atoms with van der Waals surface area (Å²) in [6.45, 7) is 6.29. The second-order valence-corrected chi connectivity index (χ2v) is 7.92. The highest BCUT2D eigenvalue weighted by Crippen LogP contribution is 2.40. The van der Waals surface area contributed by atoms with Crippen LogP contribution in [-0.2, 0) is 4.74 Å². The maximum absolute atomic E-state index is 14.6. The van der Waals surface area contributed by atoms with Gasteiger partial charge in [-0.15, -0.1) is 0 Å². The van der Waals surface area contributed by atoms with Crippen LogP contribution in [0.25, 0.3) is 0 Å². The zero-order valence-corrected chi connectivity index (χ0v) is 16.4. The Bertz CT molecular complexity index is 884. The lowest BCUT2D eigenvalue weighted by molar-refractivity contribution is 0.177. The molecule has 1 saturated heterocycles. The van der Waals surface area contributed by atoms with Crippen LogP contribution < -0.4 is 10.2 Å². The summed E-state index contributed by atoms with van der Waals surface area (Å²) in [4.78, 5) is 22.4. The number of hydrogen-bond donors (Lipinski definition) is 1. The number of amides is 1. The maximum Gasteiger partial charge on any atom is 0.415 e. The first-order valence-corrected chi connectivity index (χ1v) is 9.79. The van der Waals surface area contributed by atoms with Gasteiger partial charge >= 0.3 is 6.09 Å². The minimum atomic E-state index is -0.405. The average molecular weight is 384 g/mol. The molecule has 0 radical (unpaired) electrons. The first kappa shape index (κ1) is 18.7. The number of hydrogen-bond acceptors (Lipinski definition) is 5. The topological polar surface area (TPSA) is 67.3 Å². The van der Waals surface area contributed by atoms with E-state index in [1.165, 1.54) is 0 Å². The molecule has 1 N–H and O–H groups in total. The lowest BCUT2D eigenvalue weighted by Gasteiger charge is -2.24. The van der Waals surface area contributed by atoms with Crippen molar-refractivity contribution in [3.8, 4) is 0 Å². The van der Waals surface area contributed by atoms with Crippen LogP contribution in [0.5, 0.6) is 0 Å². The van der Waals surface area contributed by atoms with Crippen molar-refractivity contribution in [3.63, 3.8) is 0 Å². The number of rotatable bonds is 6. The van der Waals surface area contributed by atoms with E-state index in [1.807, 2.05) is 32.9 Å². The Hall–Kier alpha value is -2.70. The number of halogens is 1. The molecule has 2 aromatic rings. The van der Waals surface area contributed by atoms with Gasteiger partial charge in [-0.25, -0.2) is 14.2 Å². The molecule has 1 aliphatic carbocycles. The predicted octanol–water partition coefficient (Wildman–Crippen LogP) is 4.65. The normalized spacial score (nSPS) is 20.4. The molecule has 6 nitrogen and oxygen atoms in total. The van der Waals surface area contributed by atoms with Crippen LogP contribution in [0.15, 0.2) is 30.5 Å². The molecule has 1 aromatic carbocycles. The summed E-state index contributed by atoms with van der Waals surface area (Å²) in [6, 6.07) is 6.77. The summed E-state index contributed by atoms with van der Waals surface area (Å²) in [6.07, 6.45) is 3.47. The van der Waals surface area contributed by atoms with Crippen molar-refractivity contribution >= 4 is 17.9 Å². The van der Waals surface area contributed by atoms with Crippen LogP contribution in [0, 0.1) is 11.7 Å². The second kappa shape index (κ2) is 7.37. The molecular formula is C21H25FN4O2. The Morgan fingerprint density at radius 2 is 2.04 bits per heavy atom. The maximum atomic E-state index is 14.6. The van der Waals surface area contributed by atoms with E-state index >= 15 is 0 Å². The Labute approximate surface area is 164 Å². The number of aromatic nitrogens is 2. The number of anilines is 2.